The summed E-state index contributed by atoms with van der Waals surface area (Å²) in [5.41, 5.74) is 1.23. The van der Waals surface area contributed by atoms with Crippen LogP contribution in [0, 0.1) is 0 Å². The summed E-state index contributed by atoms with van der Waals surface area (Å²) >= 11 is 0. The maximum Gasteiger partial charge on any atom is 0.133 e. The van der Waals surface area contributed by atoms with E-state index in [1.165, 1.54) is 16.3 Å². The maximum absolute atomic E-state index is 11.2. The van der Waals surface area contributed by atoms with Gasteiger partial charge in [-0.25, -0.2) is 0 Å². The van der Waals surface area contributed by atoms with Crippen molar-refractivity contribution in [3.8, 4) is 0 Å². The molecule has 1 aliphatic carbocycles. The van der Waals surface area contributed by atoms with Gasteiger partial charge >= 0.3 is 0 Å². The number of carbonyl (C=O) groups excluding carboxylic acids is 1. The van der Waals surface area contributed by atoms with Gasteiger partial charge in [0, 0.05) is 12.8 Å². The number of hydrogen-bond donors (Lipinski definition) is 0. The molecular formula is C17H18O2. The Balaban J connectivity index is 1.70. The summed E-state index contributed by atoms with van der Waals surface area (Å²) < 4.78 is 5.97. The van der Waals surface area contributed by atoms with Crippen LogP contribution < -0.4 is 0 Å². The normalized spacial score (nSPS) is 16.9. The molecule has 0 N–H and O–H groups in total. The molecule has 0 spiro atoms. The van der Waals surface area contributed by atoms with Crippen LogP contribution in [0.3, 0.4) is 0 Å². The van der Waals surface area contributed by atoms with Crippen LogP contribution >= 0.6 is 0 Å². The molecule has 1 saturated carbocycles. The lowest BCUT2D eigenvalue weighted by atomic mass is 9.96. The van der Waals surface area contributed by atoms with Gasteiger partial charge in [0.05, 0.1) is 12.7 Å². The van der Waals surface area contributed by atoms with Gasteiger partial charge in [-0.15, -0.1) is 0 Å². The molecule has 0 unspecified atom stereocenters. The lowest BCUT2D eigenvalue weighted by Gasteiger charge is -2.21. The Morgan fingerprint density at radius 1 is 1.00 bits per heavy atom. The molecule has 19 heavy (non-hydrogen) atoms. The van der Waals surface area contributed by atoms with Gasteiger partial charge in [0.2, 0.25) is 0 Å². The Hall–Kier alpha value is -1.67. The molecule has 2 aromatic carbocycles. The highest BCUT2D eigenvalue weighted by molar-refractivity contribution is 5.85. The zero-order valence-electron chi connectivity index (χ0n) is 11.0. The number of benzene rings is 2. The minimum absolute atomic E-state index is 0.247. The van der Waals surface area contributed by atoms with E-state index < -0.39 is 0 Å². The van der Waals surface area contributed by atoms with E-state index in [2.05, 4.69) is 42.5 Å². The fraction of sp³-hybridized carbons (Fsp3) is 0.353. The smallest absolute Gasteiger partial charge is 0.133 e. The predicted octanol–water partition coefficient (Wildman–Crippen LogP) is 3.87. The number of fused-ring (bicyclic) bond motifs is 1. The Labute approximate surface area is 113 Å². The van der Waals surface area contributed by atoms with Crippen LogP contribution in [-0.2, 0) is 16.1 Å². The molecule has 0 bridgehead atoms. The van der Waals surface area contributed by atoms with Crippen molar-refractivity contribution in [2.75, 3.05) is 0 Å². The van der Waals surface area contributed by atoms with Gasteiger partial charge < -0.3 is 4.74 Å². The summed E-state index contributed by atoms with van der Waals surface area (Å²) in [4.78, 5) is 11.2. The number of rotatable bonds is 3. The van der Waals surface area contributed by atoms with E-state index >= 15 is 0 Å². The average molecular weight is 254 g/mol. The summed E-state index contributed by atoms with van der Waals surface area (Å²) in [6.07, 6.45) is 3.37. The maximum atomic E-state index is 11.2. The minimum Gasteiger partial charge on any atom is -0.373 e. The molecule has 2 nitrogen and oxygen atoms in total. The van der Waals surface area contributed by atoms with Crippen LogP contribution in [0.5, 0.6) is 0 Å². The van der Waals surface area contributed by atoms with Crippen molar-refractivity contribution in [3.05, 3.63) is 48.0 Å². The van der Waals surface area contributed by atoms with Crippen LogP contribution in [-0.4, -0.2) is 11.9 Å². The molecule has 1 fully saturated rings. The molecule has 2 heteroatoms. The van der Waals surface area contributed by atoms with Crippen LogP contribution in [0.1, 0.15) is 31.2 Å². The van der Waals surface area contributed by atoms with E-state index in [-0.39, 0.29) is 6.10 Å². The fourth-order valence-corrected chi connectivity index (χ4v) is 2.71. The van der Waals surface area contributed by atoms with E-state index in [1.807, 2.05) is 0 Å². The summed E-state index contributed by atoms with van der Waals surface area (Å²) in [7, 11) is 0. The number of carbonyl (C=O) groups is 1. The molecular weight excluding hydrogens is 236 g/mol. The van der Waals surface area contributed by atoms with Crippen molar-refractivity contribution in [1.29, 1.82) is 0 Å². The molecule has 0 radical (unpaired) electrons. The fourth-order valence-electron chi connectivity index (χ4n) is 2.71. The molecule has 0 aromatic heterocycles. The monoisotopic (exact) mass is 254 g/mol. The Morgan fingerprint density at radius 3 is 2.58 bits per heavy atom. The molecule has 3 rings (SSSR count). The van der Waals surface area contributed by atoms with Crippen molar-refractivity contribution in [2.24, 2.45) is 0 Å². The van der Waals surface area contributed by atoms with Gasteiger partial charge in [-0.1, -0.05) is 42.5 Å². The topological polar surface area (TPSA) is 26.3 Å². The molecule has 1 aliphatic rings. The number of hydrogen-bond acceptors (Lipinski definition) is 2. The van der Waals surface area contributed by atoms with Crippen molar-refractivity contribution in [2.45, 2.75) is 38.4 Å². The molecule has 0 saturated heterocycles. The zero-order valence-corrected chi connectivity index (χ0v) is 11.0. The van der Waals surface area contributed by atoms with Crippen LogP contribution in [0.15, 0.2) is 42.5 Å². The Kier molecular flexibility index (Phi) is 3.60. The second-order valence-corrected chi connectivity index (χ2v) is 5.19. The van der Waals surface area contributed by atoms with Gasteiger partial charge in [0.25, 0.3) is 0 Å². The first-order valence-corrected chi connectivity index (χ1v) is 6.93. The molecule has 0 aliphatic heterocycles. The zero-order chi connectivity index (χ0) is 13.1. The summed E-state index contributed by atoms with van der Waals surface area (Å²) in [5.74, 6) is 0.380. The average Bonchev–Trinajstić information content (AvgIpc) is 2.47. The first-order valence-electron chi connectivity index (χ1n) is 6.93. The molecule has 0 amide bonds. The van der Waals surface area contributed by atoms with Crippen LogP contribution in [0.25, 0.3) is 10.8 Å². The summed E-state index contributed by atoms with van der Waals surface area (Å²) in [6, 6.07) is 14.7. The van der Waals surface area contributed by atoms with Gasteiger partial charge in [-0.05, 0) is 29.2 Å². The number of ether oxygens (including phenoxy) is 1. The highest BCUT2D eigenvalue weighted by Crippen LogP contribution is 2.23. The van der Waals surface area contributed by atoms with Crippen molar-refractivity contribution in [1.82, 2.24) is 0 Å². The highest BCUT2D eigenvalue weighted by Gasteiger charge is 2.19. The third-order valence-electron chi connectivity index (χ3n) is 3.84. The van der Waals surface area contributed by atoms with Gasteiger partial charge in [-0.3, -0.25) is 4.79 Å². The van der Waals surface area contributed by atoms with Crippen LogP contribution in [0.4, 0.5) is 0 Å². The lowest BCUT2D eigenvalue weighted by Crippen LogP contribution is -2.21. The van der Waals surface area contributed by atoms with E-state index in [0.29, 0.717) is 25.2 Å². The number of ketones is 1. The summed E-state index contributed by atoms with van der Waals surface area (Å²) in [6.45, 7) is 0.639. The first kappa shape index (κ1) is 12.4. The standard InChI is InChI=1S/C17H18O2/c18-15-8-10-16(11-9-15)19-12-14-6-3-5-13-4-1-2-7-17(13)14/h1-7,16H,8-12H2. The van der Waals surface area contributed by atoms with Gasteiger partial charge in [-0.2, -0.15) is 0 Å². The SMILES string of the molecule is O=C1CCC(OCc2cccc3ccccc23)CC1. The van der Waals surface area contributed by atoms with E-state index in [4.69, 9.17) is 4.74 Å². The van der Waals surface area contributed by atoms with Crippen molar-refractivity contribution >= 4 is 16.6 Å². The lowest BCUT2D eigenvalue weighted by molar-refractivity contribution is -0.123. The molecule has 2 aromatic rings. The predicted molar refractivity (Wildman–Crippen MR) is 76.0 cm³/mol. The Morgan fingerprint density at radius 2 is 1.74 bits per heavy atom. The van der Waals surface area contributed by atoms with Gasteiger partial charge in [0.1, 0.15) is 5.78 Å². The first-order chi connectivity index (χ1) is 9.33. The summed E-state index contributed by atoms with van der Waals surface area (Å²) in [5, 5.41) is 2.51. The van der Waals surface area contributed by atoms with Crippen LogP contribution in [0.2, 0.25) is 0 Å². The molecule has 0 heterocycles. The molecule has 0 atom stereocenters. The van der Waals surface area contributed by atoms with Crippen molar-refractivity contribution in [3.63, 3.8) is 0 Å². The number of Topliss-reactive ketones (excluding diaryl/α,β-unsaturated/α-hetero) is 1. The Bertz CT molecular complexity index is 573. The third kappa shape index (κ3) is 2.85. The van der Waals surface area contributed by atoms with E-state index in [1.54, 1.807) is 0 Å². The van der Waals surface area contributed by atoms with Crippen molar-refractivity contribution < 1.29 is 9.53 Å². The second-order valence-electron chi connectivity index (χ2n) is 5.19. The molecule has 98 valence electrons. The second kappa shape index (κ2) is 5.54. The highest BCUT2D eigenvalue weighted by atomic mass is 16.5. The third-order valence-corrected chi connectivity index (χ3v) is 3.84. The minimum atomic E-state index is 0.247. The largest absolute Gasteiger partial charge is 0.373 e. The van der Waals surface area contributed by atoms with E-state index in [0.717, 1.165) is 12.8 Å². The van der Waals surface area contributed by atoms with Gasteiger partial charge in [0.15, 0.2) is 0 Å². The van der Waals surface area contributed by atoms with E-state index in [9.17, 15) is 4.79 Å². The quantitative estimate of drug-likeness (QED) is 0.831.